The molecule has 104 valence electrons. The van der Waals surface area contributed by atoms with Crippen LogP contribution in [0.25, 0.3) is 0 Å². The predicted octanol–water partition coefficient (Wildman–Crippen LogP) is 1.97. The van der Waals surface area contributed by atoms with Crippen LogP contribution < -0.4 is 5.32 Å². The smallest absolute Gasteiger partial charge is 0.307 e. The van der Waals surface area contributed by atoms with Crippen LogP contribution in [0.4, 0.5) is 0 Å². The molecule has 1 heterocycles. The summed E-state index contributed by atoms with van der Waals surface area (Å²) in [4.78, 5) is 10.8. The van der Waals surface area contributed by atoms with Gasteiger partial charge in [-0.05, 0) is 30.5 Å². The van der Waals surface area contributed by atoms with E-state index in [1.54, 1.807) is 0 Å². The van der Waals surface area contributed by atoms with Crippen LogP contribution in [0.5, 0.6) is 0 Å². The van der Waals surface area contributed by atoms with E-state index in [4.69, 9.17) is 9.84 Å². The summed E-state index contributed by atoms with van der Waals surface area (Å²) < 4.78 is 5.73. The Morgan fingerprint density at radius 3 is 2.79 bits per heavy atom. The van der Waals surface area contributed by atoms with Crippen molar-refractivity contribution in [2.75, 3.05) is 13.2 Å². The average molecular weight is 263 g/mol. The van der Waals surface area contributed by atoms with E-state index in [-0.39, 0.29) is 6.42 Å². The highest BCUT2D eigenvalue weighted by molar-refractivity contribution is 5.70. The van der Waals surface area contributed by atoms with Gasteiger partial charge in [-0.1, -0.05) is 30.7 Å². The standard InChI is InChI=1S/C15H21NO3/c17-15(18)9-12-5-1-2-6-13(12)10-19-11-14-7-3-4-8-16-14/h1-2,5-6,14,16H,3-4,7-11H2,(H,17,18). The largest absolute Gasteiger partial charge is 0.481 e. The van der Waals surface area contributed by atoms with Crippen LogP contribution in [-0.2, 0) is 22.6 Å². The molecule has 1 saturated heterocycles. The number of rotatable bonds is 6. The van der Waals surface area contributed by atoms with Gasteiger partial charge >= 0.3 is 5.97 Å². The van der Waals surface area contributed by atoms with Crippen LogP contribution >= 0.6 is 0 Å². The summed E-state index contributed by atoms with van der Waals surface area (Å²) >= 11 is 0. The quantitative estimate of drug-likeness (QED) is 0.824. The van der Waals surface area contributed by atoms with Crippen LogP contribution in [0.1, 0.15) is 30.4 Å². The second-order valence-corrected chi connectivity index (χ2v) is 5.00. The Hall–Kier alpha value is -1.39. The zero-order chi connectivity index (χ0) is 13.5. The number of nitrogens with one attached hydrogen (secondary N) is 1. The molecule has 4 nitrogen and oxygen atoms in total. The zero-order valence-corrected chi connectivity index (χ0v) is 11.1. The minimum Gasteiger partial charge on any atom is -0.481 e. The maximum atomic E-state index is 10.8. The molecule has 1 aliphatic heterocycles. The Morgan fingerprint density at radius 2 is 2.11 bits per heavy atom. The lowest BCUT2D eigenvalue weighted by Gasteiger charge is -2.23. The van der Waals surface area contributed by atoms with Gasteiger partial charge in [-0.2, -0.15) is 0 Å². The molecule has 2 N–H and O–H groups in total. The molecule has 1 fully saturated rings. The number of piperidine rings is 1. The van der Waals surface area contributed by atoms with Crippen molar-refractivity contribution >= 4 is 5.97 Å². The molecule has 1 aromatic rings. The molecule has 4 heteroatoms. The fraction of sp³-hybridized carbons (Fsp3) is 0.533. The molecule has 1 aromatic carbocycles. The van der Waals surface area contributed by atoms with Gasteiger partial charge in [0.1, 0.15) is 0 Å². The fourth-order valence-electron chi connectivity index (χ4n) is 2.41. The lowest BCUT2D eigenvalue weighted by molar-refractivity contribution is -0.136. The number of aliphatic carboxylic acids is 1. The minimum atomic E-state index is -0.804. The van der Waals surface area contributed by atoms with E-state index in [0.29, 0.717) is 19.3 Å². The Morgan fingerprint density at radius 1 is 1.32 bits per heavy atom. The SMILES string of the molecule is O=C(O)Cc1ccccc1COCC1CCCCN1. The normalized spacial score (nSPS) is 19.3. The molecular weight excluding hydrogens is 242 g/mol. The first kappa shape index (κ1) is 14.0. The van der Waals surface area contributed by atoms with E-state index in [1.165, 1.54) is 12.8 Å². The second kappa shape index (κ2) is 7.26. The van der Waals surface area contributed by atoms with Gasteiger partial charge in [-0.25, -0.2) is 0 Å². The van der Waals surface area contributed by atoms with E-state index in [0.717, 1.165) is 24.1 Å². The van der Waals surface area contributed by atoms with Crippen molar-refractivity contribution < 1.29 is 14.6 Å². The van der Waals surface area contributed by atoms with Gasteiger partial charge in [0.05, 0.1) is 19.6 Å². The third-order valence-corrected chi connectivity index (χ3v) is 3.45. The highest BCUT2D eigenvalue weighted by atomic mass is 16.5. The van der Waals surface area contributed by atoms with Gasteiger partial charge in [0.2, 0.25) is 0 Å². The van der Waals surface area contributed by atoms with Crippen LogP contribution in [0.15, 0.2) is 24.3 Å². The third-order valence-electron chi connectivity index (χ3n) is 3.45. The van der Waals surface area contributed by atoms with E-state index in [9.17, 15) is 4.79 Å². The number of benzene rings is 1. The maximum absolute atomic E-state index is 10.8. The maximum Gasteiger partial charge on any atom is 0.307 e. The molecule has 0 aliphatic carbocycles. The molecule has 0 bridgehead atoms. The summed E-state index contributed by atoms with van der Waals surface area (Å²) in [6, 6.07) is 8.02. The van der Waals surface area contributed by atoms with Gasteiger partial charge in [-0.15, -0.1) is 0 Å². The van der Waals surface area contributed by atoms with E-state index in [1.807, 2.05) is 24.3 Å². The molecular formula is C15H21NO3. The van der Waals surface area contributed by atoms with Gasteiger partial charge in [-0.3, -0.25) is 4.79 Å². The molecule has 1 aliphatic rings. The number of carboxylic acids is 1. The third kappa shape index (κ3) is 4.65. The van der Waals surface area contributed by atoms with Crippen molar-refractivity contribution in [2.24, 2.45) is 0 Å². The zero-order valence-electron chi connectivity index (χ0n) is 11.1. The topological polar surface area (TPSA) is 58.6 Å². The highest BCUT2D eigenvalue weighted by Crippen LogP contribution is 2.12. The molecule has 0 aromatic heterocycles. The number of hydrogen-bond acceptors (Lipinski definition) is 3. The Balaban J connectivity index is 1.83. The minimum absolute atomic E-state index is 0.0568. The van der Waals surface area contributed by atoms with Crippen molar-refractivity contribution in [3.63, 3.8) is 0 Å². The number of carbonyl (C=O) groups is 1. The summed E-state index contributed by atoms with van der Waals surface area (Å²) in [6.07, 6.45) is 3.73. The Bertz CT molecular complexity index is 414. The lowest BCUT2D eigenvalue weighted by Crippen LogP contribution is -2.37. The number of carboxylic acid groups (broad SMARTS) is 1. The second-order valence-electron chi connectivity index (χ2n) is 5.00. The fourth-order valence-corrected chi connectivity index (χ4v) is 2.41. The first-order chi connectivity index (χ1) is 9.25. The van der Waals surface area contributed by atoms with Crippen LogP contribution in [-0.4, -0.2) is 30.3 Å². The van der Waals surface area contributed by atoms with E-state index >= 15 is 0 Å². The van der Waals surface area contributed by atoms with Crippen LogP contribution in [0.3, 0.4) is 0 Å². The molecule has 0 amide bonds. The summed E-state index contributed by atoms with van der Waals surface area (Å²) in [7, 11) is 0. The van der Waals surface area contributed by atoms with Gasteiger partial charge < -0.3 is 15.2 Å². The molecule has 0 saturated carbocycles. The van der Waals surface area contributed by atoms with Crippen molar-refractivity contribution in [1.29, 1.82) is 0 Å². The molecule has 0 spiro atoms. The Labute approximate surface area is 113 Å². The van der Waals surface area contributed by atoms with Crippen molar-refractivity contribution in [1.82, 2.24) is 5.32 Å². The predicted molar refractivity (Wildman–Crippen MR) is 73.1 cm³/mol. The summed E-state index contributed by atoms with van der Waals surface area (Å²) in [5.41, 5.74) is 1.81. The number of hydrogen-bond donors (Lipinski definition) is 2. The first-order valence-electron chi connectivity index (χ1n) is 6.85. The summed E-state index contributed by atoms with van der Waals surface area (Å²) in [5.74, 6) is -0.804. The lowest BCUT2D eigenvalue weighted by atomic mass is 10.0. The Kier molecular flexibility index (Phi) is 5.36. The van der Waals surface area contributed by atoms with Crippen molar-refractivity contribution in [3.05, 3.63) is 35.4 Å². The van der Waals surface area contributed by atoms with Gasteiger partial charge in [0.15, 0.2) is 0 Å². The summed E-state index contributed by atoms with van der Waals surface area (Å²) in [6.45, 7) is 2.26. The van der Waals surface area contributed by atoms with Gasteiger partial charge in [0.25, 0.3) is 0 Å². The van der Waals surface area contributed by atoms with Crippen LogP contribution in [0, 0.1) is 0 Å². The molecule has 0 radical (unpaired) electrons. The van der Waals surface area contributed by atoms with Crippen molar-refractivity contribution in [3.8, 4) is 0 Å². The van der Waals surface area contributed by atoms with E-state index in [2.05, 4.69) is 5.32 Å². The average Bonchev–Trinajstić information content (AvgIpc) is 2.41. The first-order valence-corrected chi connectivity index (χ1v) is 6.85. The number of ether oxygens (including phenoxy) is 1. The molecule has 19 heavy (non-hydrogen) atoms. The monoisotopic (exact) mass is 263 g/mol. The van der Waals surface area contributed by atoms with E-state index < -0.39 is 5.97 Å². The van der Waals surface area contributed by atoms with Gasteiger partial charge in [0, 0.05) is 6.04 Å². The summed E-state index contributed by atoms with van der Waals surface area (Å²) in [5, 5.41) is 12.3. The molecule has 1 atom stereocenters. The highest BCUT2D eigenvalue weighted by Gasteiger charge is 2.13. The molecule has 2 rings (SSSR count). The van der Waals surface area contributed by atoms with Crippen molar-refractivity contribution in [2.45, 2.75) is 38.3 Å². The molecule has 1 unspecified atom stereocenters. The van der Waals surface area contributed by atoms with Crippen LogP contribution in [0.2, 0.25) is 0 Å².